The molecule has 7 nitrogen and oxygen atoms in total. The Balaban J connectivity index is 0.00000392. The summed E-state index contributed by atoms with van der Waals surface area (Å²) in [5.41, 5.74) is 5.33. The van der Waals surface area contributed by atoms with E-state index in [1.165, 1.54) is 0 Å². The van der Waals surface area contributed by atoms with E-state index in [0.29, 0.717) is 24.3 Å². The number of hydrogen-bond donors (Lipinski definition) is 2. The first kappa shape index (κ1) is 24.7. The van der Waals surface area contributed by atoms with Gasteiger partial charge in [-0.1, -0.05) is 18.2 Å². The molecular formula is C19H31IN4O3S. The molecule has 0 aliphatic carbocycles. The van der Waals surface area contributed by atoms with E-state index in [-0.39, 0.29) is 41.6 Å². The van der Waals surface area contributed by atoms with Gasteiger partial charge >= 0.3 is 0 Å². The van der Waals surface area contributed by atoms with Crippen molar-refractivity contribution in [3.8, 4) is 0 Å². The number of guanidine groups is 1. The summed E-state index contributed by atoms with van der Waals surface area (Å²) in [6, 6.07) is 8.50. The van der Waals surface area contributed by atoms with Crippen molar-refractivity contribution in [2.75, 3.05) is 31.9 Å². The molecule has 0 bridgehead atoms. The van der Waals surface area contributed by atoms with Gasteiger partial charge in [-0.15, -0.1) is 24.0 Å². The molecule has 158 valence electrons. The molecule has 1 unspecified atom stereocenters. The van der Waals surface area contributed by atoms with E-state index < -0.39 is 9.84 Å². The molecule has 1 aliphatic heterocycles. The van der Waals surface area contributed by atoms with Crippen LogP contribution < -0.4 is 11.1 Å². The number of nitrogens with one attached hydrogen (secondary N) is 1. The summed E-state index contributed by atoms with van der Waals surface area (Å²) in [7, 11) is -3.27. The number of aliphatic imine (C=N–C) groups is 1. The Morgan fingerprint density at radius 2 is 2.04 bits per heavy atom. The Morgan fingerprint density at radius 1 is 1.32 bits per heavy atom. The zero-order valence-corrected chi connectivity index (χ0v) is 19.5. The highest BCUT2D eigenvalue weighted by atomic mass is 127. The summed E-state index contributed by atoms with van der Waals surface area (Å²) in [5.74, 6) is 0.835. The largest absolute Gasteiger partial charge is 0.370 e. The number of likely N-dealkylation sites (tertiary alicyclic amines) is 1. The average molecular weight is 522 g/mol. The molecule has 1 aliphatic rings. The number of nitrogens with zero attached hydrogens (tertiary/aromatic N) is 2. The fourth-order valence-electron chi connectivity index (χ4n) is 3.32. The maximum atomic E-state index is 12.3. The summed E-state index contributed by atoms with van der Waals surface area (Å²) < 4.78 is 24.7. The summed E-state index contributed by atoms with van der Waals surface area (Å²) in [4.78, 5) is 18.3. The quantitative estimate of drug-likeness (QED) is 0.235. The lowest BCUT2D eigenvalue weighted by molar-refractivity contribution is -0.119. The fraction of sp³-hybridized carbons (Fsp3) is 0.579. The highest BCUT2D eigenvalue weighted by molar-refractivity contribution is 14.0. The lowest BCUT2D eigenvalue weighted by Gasteiger charge is -2.34. The minimum Gasteiger partial charge on any atom is -0.370 e. The van der Waals surface area contributed by atoms with Crippen LogP contribution >= 0.6 is 24.0 Å². The van der Waals surface area contributed by atoms with E-state index in [0.717, 1.165) is 38.4 Å². The molecule has 0 spiro atoms. The van der Waals surface area contributed by atoms with Crippen LogP contribution in [0, 0.1) is 5.92 Å². The summed E-state index contributed by atoms with van der Waals surface area (Å²) in [6.45, 7) is 4.80. The van der Waals surface area contributed by atoms with Gasteiger partial charge in [-0.3, -0.25) is 9.79 Å². The first-order valence-corrected chi connectivity index (χ1v) is 11.2. The highest BCUT2D eigenvalue weighted by Crippen LogP contribution is 2.19. The fourth-order valence-corrected chi connectivity index (χ4v) is 4.64. The Labute approximate surface area is 185 Å². The molecule has 1 saturated heterocycles. The monoisotopic (exact) mass is 522 g/mol. The average Bonchev–Trinajstić information content (AvgIpc) is 2.64. The van der Waals surface area contributed by atoms with Gasteiger partial charge in [0.25, 0.3) is 0 Å². The molecule has 1 aromatic carbocycles. The molecule has 3 N–H and O–H groups in total. The molecule has 1 atom stereocenters. The lowest BCUT2D eigenvalue weighted by atomic mass is 9.95. The van der Waals surface area contributed by atoms with Gasteiger partial charge in [0.05, 0.1) is 10.6 Å². The van der Waals surface area contributed by atoms with Crippen molar-refractivity contribution in [3.05, 3.63) is 30.3 Å². The molecule has 0 aromatic heterocycles. The molecule has 28 heavy (non-hydrogen) atoms. The maximum absolute atomic E-state index is 12.3. The molecule has 1 amide bonds. The smallest absolute Gasteiger partial charge is 0.217 e. The third-order valence-corrected chi connectivity index (χ3v) is 6.39. The van der Waals surface area contributed by atoms with Crippen molar-refractivity contribution in [2.24, 2.45) is 16.6 Å². The molecule has 0 saturated carbocycles. The van der Waals surface area contributed by atoms with Crippen LogP contribution in [0.3, 0.4) is 0 Å². The topological polar surface area (TPSA) is 105 Å². The summed E-state index contributed by atoms with van der Waals surface area (Å²) in [5, 5.41) is 3.27. The summed E-state index contributed by atoms with van der Waals surface area (Å²) >= 11 is 0. The number of sulfone groups is 1. The molecule has 1 aromatic rings. The Bertz CT molecular complexity index is 741. The van der Waals surface area contributed by atoms with E-state index in [2.05, 4.69) is 15.2 Å². The zero-order valence-electron chi connectivity index (χ0n) is 16.3. The molecule has 1 heterocycles. The van der Waals surface area contributed by atoms with Gasteiger partial charge in [0.2, 0.25) is 5.91 Å². The minimum absolute atomic E-state index is 0. The van der Waals surface area contributed by atoms with Crippen LogP contribution in [0.1, 0.15) is 32.6 Å². The van der Waals surface area contributed by atoms with Crippen LogP contribution in [0.15, 0.2) is 40.2 Å². The zero-order chi connectivity index (χ0) is 19.7. The first-order chi connectivity index (χ1) is 12.9. The van der Waals surface area contributed by atoms with Crippen LogP contribution in [-0.2, 0) is 14.6 Å². The lowest BCUT2D eigenvalue weighted by Crippen LogP contribution is -2.47. The van der Waals surface area contributed by atoms with E-state index in [4.69, 9.17) is 5.73 Å². The van der Waals surface area contributed by atoms with Crippen LogP contribution in [0.4, 0.5) is 0 Å². The molecule has 9 heteroatoms. The SMILES string of the molecule is CCNC(=NCCCS(=O)(=O)c1ccccc1)N1CCCC(CC(N)=O)C1.I. The van der Waals surface area contributed by atoms with Crippen molar-refractivity contribution in [2.45, 2.75) is 37.5 Å². The van der Waals surface area contributed by atoms with Crippen LogP contribution in [0.2, 0.25) is 0 Å². The number of primary amides is 1. The van der Waals surface area contributed by atoms with Gasteiger partial charge < -0.3 is 16.0 Å². The van der Waals surface area contributed by atoms with Crippen LogP contribution in [0.5, 0.6) is 0 Å². The molecule has 0 radical (unpaired) electrons. The second kappa shape index (κ2) is 12.3. The van der Waals surface area contributed by atoms with Gasteiger partial charge in [-0.2, -0.15) is 0 Å². The van der Waals surface area contributed by atoms with Gasteiger partial charge in [0, 0.05) is 32.6 Å². The van der Waals surface area contributed by atoms with E-state index >= 15 is 0 Å². The number of nitrogens with two attached hydrogens (primary N) is 1. The van der Waals surface area contributed by atoms with E-state index in [1.54, 1.807) is 30.3 Å². The number of hydrogen-bond acceptors (Lipinski definition) is 4. The third-order valence-electron chi connectivity index (χ3n) is 4.58. The number of carbonyl (C=O) groups is 1. The standard InChI is InChI=1S/C19H30N4O3S.HI/c1-2-21-19(23-12-6-8-16(15-23)14-18(20)24)22-11-7-13-27(25,26)17-9-4-3-5-10-17;/h3-5,9-10,16H,2,6-8,11-15H2,1H3,(H2,20,24)(H,21,22);1H. The van der Waals surface area contributed by atoms with Crippen molar-refractivity contribution >= 4 is 45.7 Å². The van der Waals surface area contributed by atoms with Crippen molar-refractivity contribution in [1.82, 2.24) is 10.2 Å². The van der Waals surface area contributed by atoms with Crippen LogP contribution in [0.25, 0.3) is 0 Å². The Kier molecular flexibility index (Phi) is 10.8. The van der Waals surface area contributed by atoms with Gasteiger partial charge in [0.1, 0.15) is 0 Å². The second-order valence-electron chi connectivity index (χ2n) is 6.85. The highest BCUT2D eigenvalue weighted by Gasteiger charge is 2.23. The number of halogens is 1. The predicted molar refractivity (Wildman–Crippen MR) is 123 cm³/mol. The first-order valence-electron chi connectivity index (χ1n) is 9.51. The van der Waals surface area contributed by atoms with Crippen molar-refractivity contribution in [3.63, 3.8) is 0 Å². The molecule has 2 rings (SSSR count). The number of carbonyl (C=O) groups excluding carboxylic acids is 1. The minimum atomic E-state index is -3.27. The van der Waals surface area contributed by atoms with Crippen LogP contribution in [-0.4, -0.2) is 57.1 Å². The number of piperidine rings is 1. The number of benzene rings is 1. The van der Waals surface area contributed by atoms with Crippen molar-refractivity contribution < 1.29 is 13.2 Å². The predicted octanol–water partition coefficient (Wildman–Crippen LogP) is 2.02. The van der Waals surface area contributed by atoms with E-state index in [9.17, 15) is 13.2 Å². The Morgan fingerprint density at radius 3 is 2.68 bits per heavy atom. The second-order valence-corrected chi connectivity index (χ2v) is 8.95. The molecular weight excluding hydrogens is 491 g/mol. The van der Waals surface area contributed by atoms with Gasteiger partial charge in [-0.25, -0.2) is 8.42 Å². The summed E-state index contributed by atoms with van der Waals surface area (Å²) in [6.07, 6.45) is 2.84. The third kappa shape index (κ3) is 7.94. The maximum Gasteiger partial charge on any atom is 0.217 e. The Hall–Kier alpha value is -1.36. The number of amides is 1. The molecule has 1 fully saturated rings. The normalized spacial score (nSPS) is 17.7. The number of rotatable bonds is 8. The van der Waals surface area contributed by atoms with Gasteiger partial charge in [-0.05, 0) is 44.2 Å². The van der Waals surface area contributed by atoms with Crippen molar-refractivity contribution in [1.29, 1.82) is 0 Å². The van der Waals surface area contributed by atoms with E-state index in [1.807, 2.05) is 6.92 Å². The van der Waals surface area contributed by atoms with Gasteiger partial charge in [0.15, 0.2) is 15.8 Å².